The highest BCUT2D eigenvalue weighted by Gasteiger charge is 2.12. The van der Waals surface area contributed by atoms with Gasteiger partial charge in [-0.1, -0.05) is 24.6 Å². The van der Waals surface area contributed by atoms with Gasteiger partial charge in [-0.3, -0.25) is 0 Å². The molecule has 0 aliphatic carbocycles. The molecular formula is C17H28N2. The van der Waals surface area contributed by atoms with Crippen molar-refractivity contribution in [1.82, 2.24) is 10.2 Å². The third kappa shape index (κ3) is 4.63. The average molecular weight is 260 g/mol. The van der Waals surface area contributed by atoms with Crippen LogP contribution >= 0.6 is 0 Å². The van der Waals surface area contributed by atoms with Gasteiger partial charge in [-0.15, -0.1) is 0 Å². The first-order chi connectivity index (χ1) is 9.15. The SMILES string of the molecule is Cc1ccc(CNC(C)CN2CCCCC2)cc1C. The highest BCUT2D eigenvalue weighted by molar-refractivity contribution is 5.29. The lowest BCUT2D eigenvalue weighted by Crippen LogP contribution is -2.41. The lowest BCUT2D eigenvalue weighted by Gasteiger charge is -2.29. The number of benzene rings is 1. The quantitative estimate of drug-likeness (QED) is 0.874. The van der Waals surface area contributed by atoms with Crippen LogP contribution in [0.25, 0.3) is 0 Å². The van der Waals surface area contributed by atoms with Gasteiger partial charge in [0.05, 0.1) is 0 Å². The Bertz CT molecular complexity index is 394. The van der Waals surface area contributed by atoms with E-state index < -0.39 is 0 Å². The van der Waals surface area contributed by atoms with E-state index in [4.69, 9.17) is 0 Å². The van der Waals surface area contributed by atoms with Crippen molar-refractivity contribution in [3.8, 4) is 0 Å². The Labute approximate surface area is 118 Å². The van der Waals surface area contributed by atoms with E-state index in [2.05, 4.69) is 49.2 Å². The summed E-state index contributed by atoms with van der Waals surface area (Å²) in [7, 11) is 0. The summed E-state index contributed by atoms with van der Waals surface area (Å²) in [5, 5.41) is 3.65. The Kier molecular flexibility index (Phi) is 5.41. The molecule has 2 heteroatoms. The predicted octanol–water partition coefficient (Wildman–Crippen LogP) is 3.27. The first-order valence-corrected chi connectivity index (χ1v) is 7.67. The van der Waals surface area contributed by atoms with Crippen molar-refractivity contribution in [3.05, 3.63) is 34.9 Å². The van der Waals surface area contributed by atoms with Gasteiger partial charge in [0.25, 0.3) is 0 Å². The second-order valence-electron chi connectivity index (χ2n) is 6.06. The van der Waals surface area contributed by atoms with E-state index in [1.807, 2.05) is 0 Å². The van der Waals surface area contributed by atoms with Crippen LogP contribution in [-0.2, 0) is 6.54 Å². The van der Waals surface area contributed by atoms with Crippen molar-refractivity contribution in [2.24, 2.45) is 0 Å². The smallest absolute Gasteiger partial charge is 0.0208 e. The van der Waals surface area contributed by atoms with Crippen molar-refractivity contribution in [1.29, 1.82) is 0 Å². The molecule has 1 atom stereocenters. The van der Waals surface area contributed by atoms with Crippen LogP contribution in [0.5, 0.6) is 0 Å². The minimum atomic E-state index is 0.569. The molecule has 1 aliphatic rings. The summed E-state index contributed by atoms with van der Waals surface area (Å²) in [6.07, 6.45) is 4.18. The van der Waals surface area contributed by atoms with Crippen molar-refractivity contribution < 1.29 is 0 Å². The van der Waals surface area contributed by atoms with Crippen LogP contribution in [0.4, 0.5) is 0 Å². The summed E-state index contributed by atoms with van der Waals surface area (Å²) in [5.41, 5.74) is 4.17. The van der Waals surface area contributed by atoms with Crippen molar-refractivity contribution in [2.45, 2.75) is 52.6 Å². The Hall–Kier alpha value is -0.860. The minimum absolute atomic E-state index is 0.569. The molecule has 2 rings (SSSR count). The largest absolute Gasteiger partial charge is 0.309 e. The fourth-order valence-corrected chi connectivity index (χ4v) is 2.80. The van der Waals surface area contributed by atoms with Crippen LogP contribution in [0.1, 0.15) is 42.9 Å². The van der Waals surface area contributed by atoms with Crippen LogP contribution in [0, 0.1) is 13.8 Å². The first-order valence-electron chi connectivity index (χ1n) is 7.67. The van der Waals surface area contributed by atoms with Gasteiger partial charge in [0.2, 0.25) is 0 Å². The molecule has 0 spiro atoms. The van der Waals surface area contributed by atoms with Gasteiger partial charge < -0.3 is 10.2 Å². The molecule has 0 amide bonds. The van der Waals surface area contributed by atoms with Gasteiger partial charge in [0.1, 0.15) is 0 Å². The van der Waals surface area contributed by atoms with Gasteiger partial charge >= 0.3 is 0 Å². The van der Waals surface area contributed by atoms with Gasteiger partial charge in [0, 0.05) is 19.1 Å². The van der Waals surface area contributed by atoms with Gasteiger partial charge in [-0.2, -0.15) is 0 Å². The van der Waals surface area contributed by atoms with E-state index >= 15 is 0 Å². The van der Waals surface area contributed by atoms with E-state index in [0.717, 1.165) is 6.54 Å². The molecule has 0 saturated carbocycles. The second kappa shape index (κ2) is 7.06. The molecule has 1 aromatic carbocycles. The van der Waals surface area contributed by atoms with E-state index in [-0.39, 0.29) is 0 Å². The minimum Gasteiger partial charge on any atom is -0.309 e. The van der Waals surface area contributed by atoms with Crippen LogP contribution in [0.3, 0.4) is 0 Å². The summed E-state index contributed by atoms with van der Waals surface area (Å²) in [4.78, 5) is 2.60. The highest BCUT2D eigenvalue weighted by atomic mass is 15.1. The molecule has 0 bridgehead atoms. The van der Waals surface area contributed by atoms with Crippen LogP contribution < -0.4 is 5.32 Å². The molecule has 2 nitrogen and oxygen atoms in total. The maximum absolute atomic E-state index is 3.65. The van der Waals surface area contributed by atoms with E-state index in [9.17, 15) is 0 Å². The number of piperidine rings is 1. The maximum atomic E-state index is 3.65. The zero-order valence-electron chi connectivity index (χ0n) is 12.7. The van der Waals surface area contributed by atoms with E-state index in [1.54, 1.807) is 0 Å². The van der Waals surface area contributed by atoms with Crippen molar-refractivity contribution in [3.63, 3.8) is 0 Å². The Morgan fingerprint density at radius 3 is 2.53 bits per heavy atom. The summed E-state index contributed by atoms with van der Waals surface area (Å²) in [5.74, 6) is 0. The predicted molar refractivity (Wildman–Crippen MR) is 82.5 cm³/mol. The molecule has 1 N–H and O–H groups in total. The molecule has 0 radical (unpaired) electrons. The average Bonchev–Trinajstić information content (AvgIpc) is 2.41. The summed E-state index contributed by atoms with van der Waals surface area (Å²) >= 11 is 0. The van der Waals surface area contributed by atoms with Gasteiger partial charge in [-0.25, -0.2) is 0 Å². The number of hydrogen-bond donors (Lipinski definition) is 1. The molecule has 106 valence electrons. The van der Waals surface area contributed by atoms with E-state index in [0.29, 0.717) is 6.04 Å². The topological polar surface area (TPSA) is 15.3 Å². The Balaban J connectivity index is 1.75. The van der Waals surface area contributed by atoms with E-state index in [1.165, 1.54) is 55.6 Å². The lowest BCUT2D eigenvalue weighted by atomic mass is 10.1. The Morgan fingerprint density at radius 1 is 1.11 bits per heavy atom. The molecule has 1 unspecified atom stereocenters. The monoisotopic (exact) mass is 260 g/mol. The molecule has 1 aliphatic heterocycles. The third-order valence-corrected chi connectivity index (χ3v) is 4.21. The summed E-state index contributed by atoms with van der Waals surface area (Å²) in [6, 6.07) is 7.33. The number of nitrogens with one attached hydrogen (secondary N) is 1. The standard InChI is InChI=1S/C17H28N2/c1-14-7-8-17(11-15(14)2)12-18-16(3)13-19-9-5-4-6-10-19/h7-8,11,16,18H,4-6,9-10,12-13H2,1-3H3. The number of aryl methyl sites for hydroxylation is 2. The molecule has 1 fully saturated rings. The van der Waals surface area contributed by atoms with Crippen LogP contribution in [0.2, 0.25) is 0 Å². The fraction of sp³-hybridized carbons (Fsp3) is 0.647. The number of rotatable bonds is 5. The molecule has 1 aromatic rings. The molecule has 0 aromatic heterocycles. The summed E-state index contributed by atoms with van der Waals surface area (Å²) < 4.78 is 0. The zero-order chi connectivity index (χ0) is 13.7. The van der Waals surface area contributed by atoms with Gasteiger partial charge in [-0.05, 0) is 63.4 Å². The van der Waals surface area contributed by atoms with Crippen LogP contribution in [0.15, 0.2) is 18.2 Å². The van der Waals surface area contributed by atoms with Crippen LogP contribution in [-0.4, -0.2) is 30.6 Å². The number of hydrogen-bond acceptors (Lipinski definition) is 2. The fourth-order valence-electron chi connectivity index (χ4n) is 2.80. The van der Waals surface area contributed by atoms with Crippen molar-refractivity contribution >= 4 is 0 Å². The zero-order valence-corrected chi connectivity index (χ0v) is 12.7. The third-order valence-electron chi connectivity index (χ3n) is 4.21. The Morgan fingerprint density at radius 2 is 1.84 bits per heavy atom. The molecule has 1 saturated heterocycles. The number of likely N-dealkylation sites (tertiary alicyclic amines) is 1. The van der Waals surface area contributed by atoms with Crippen molar-refractivity contribution in [2.75, 3.05) is 19.6 Å². The lowest BCUT2D eigenvalue weighted by molar-refractivity contribution is 0.209. The number of nitrogens with zero attached hydrogens (tertiary/aromatic N) is 1. The molecule has 19 heavy (non-hydrogen) atoms. The van der Waals surface area contributed by atoms with Gasteiger partial charge in [0.15, 0.2) is 0 Å². The first kappa shape index (κ1) is 14.5. The second-order valence-corrected chi connectivity index (χ2v) is 6.06. The summed E-state index contributed by atoms with van der Waals surface area (Å²) in [6.45, 7) is 11.4. The normalized spacial score (nSPS) is 18.5. The molecular weight excluding hydrogens is 232 g/mol. The maximum Gasteiger partial charge on any atom is 0.0208 e. The highest BCUT2D eigenvalue weighted by Crippen LogP contribution is 2.11. The molecule has 1 heterocycles.